The van der Waals surface area contributed by atoms with Gasteiger partial charge in [0, 0.05) is 16.3 Å². The van der Waals surface area contributed by atoms with Crippen molar-refractivity contribution in [2.24, 2.45) is 0 Å². The Bertz CT molecular complexity index is 1040. The van der Waals surface area contributed by atoms with Gasteiger partial charge in [-0.15, -0.1) is 34.0 Å². The van der Waals surface area contributed by atoms with E-state index in [0.717, 1.165) is 9.75 Å². The predicted octanol–water partition coefficient (Wildman–Crippen LogP) is 5.89. The van der Waals surface area contributed by atoms with E-state index < -0.39 is 17.7 Å². The second kappa shape index (κ2) is 13.6. The van der Waals surface area contributed by atoms with Crippen LogP contribution < -0.4 is 10.6 Å². The van der Waals surface area contributed by atoms with E-state index in [-0.39, 0.29) is 11.8 Å². The van der Waals surface area contributed by atoms with Crippen molar-refractivity contribution in [1.29, 1.82) is 0 Å². The van der Waals surface area contributed by atoms with Crippen LogP contribution in [0.15, 0.2) is 52.5 Å². The van der Waals surface area contributed by atoms with Gasteiger partial charge in [-0.25, -0.2) is 4.79 Å². The van der Waals surface area contributed by atoms with E-state index in [4.69, 9.17) is 4.74 Å². The molecule has 0 unspecified atom stereocenters. The van der Waals surface area contributed by atoms with E-state index in [1.54, 1.807) is 54.4 Å². The van der Waals surface area contributed by atoms with E-state index in [1.165, 1.54) is 11.3 Å². The number of hydrogen-bond donors (Lipinski definition) is 2. The summed E-state index contributed by atoms with van der Waals surface area (Å²) >= 11 is 4.60. The highest BCUT2D eigenvalue weighted by Gasteiger charge is 2.28. The van der Waals surface area contributed by atoms with Crippen LogP contribution in [-0.2, 0) is 22.6 Å². The summed E-state index contributed by atoms with van der Waals surface area (Å²) in [5, 5.41) is 11.6. The maximum atomic E-state index is 13.7. The molecule has 0 radical (unpaired) electrons. The van der Waals surface area contributed by atoms with Crippen molar-refractivity contribution in [3.8, 4) is 0 Å². The van der Waals surface area contributed by atoms with E-state index in [9.17, 15) is 14.4 Å². The van der Waals surface area contributed by atoms with Crippen molar-refractivity contribution in [3.05, 3.63) is 67.2 Å². The molecule has 3 amide bonds. The lowest BCUT2D eigenvalue weighted by Gasteiger charge is -2.28. The Kier molecular flexibility index (Phi) is 10.5. The number of alkyl carbamates (subject to hydrolysis) is 1. The number of carbonyl (C=O) groups is 3. The van der Waals surface area contributed by atoms with Crippen LogP contribution in [0.25, 0.3) is 0 Å². The summed E-state index contributed by atoms with van der Waals surface area (Å²) in [6.07, 6.45) is 1.17. The number of unbranched alkanes of at least 4 members (excludes halogenated alkanes) is 1. The fourth-order valence-corrected chi connectivity index (χ4v) is 5.57. The maximum absolute atomic E-state index is 13.7. The van der Waals surface area contributed by atoms with Crippen molar-refractivity contribution in [3.63, 3.8) is 0 Å². The molecule has 0 saturated carbocycles. The Morgan fingerprint density at radius 2 is 1.53 bits per heavy atom. The van der Waals surface area contributed by atoms with E-state index in [0.29, 0.717) is 43.8 Å². The van der Waals surface area contributed by atoms with Crippen molar-refractivity contribution in [2.45, 2.75) is 64.8 Å². The Labute approximate surface area is 224 Å². The van der Waals surface area contributed by atoms with Crippen molar-refractivity contribution < 1.29 is 19.1 Å². The number of nitrogens with one attached hydrogen (secondary N) is 2. The summed E-state index contributed by atoms with van der Waals surface area (Å²) in [7, 11) is 0. The molecular formula is C26H33N3O4S3. The second-order valence-corrected chi connectivity index (χ2v) is 12.3. The first kappa shape index (κ1) is 27.9. The number of carbonyl (C=O) groups excluding carboxylic acids is 3. The molecule has 0 aliphatic carbocycles. The molecule has 0 spiro atoms. The number of nitrogens with zero attached hydrogens (tertiary/aromatic N) is 1. The summed E-state index contributed by atoms with van der Waals surface area (Å²) in [5.74, 6) is -0.243. The zero-order valence-corrected chi connectivity index (χ0v) is 23.3. The molecule has 0 aliphatic heterocycles. The summed E-state index contributed by atoms with van der Waals surface area (Å²) in [6.45, 7) is 6.81. The monoisotopic (exact) mass is 547 g/mol. The van der Waals surface area contributed by atoms with E-state index in [1.807, 2.05) is 46.5 Å². The molecule has 194 valence electrons. The molecule has 2 N–H and O–H groups in total. The van der Waals surface area contributed by atoms with Gasteiger partial charge >= 0.3 is 6.09 Å². The summed E-state index contributed by atoms with van der Waals surface area (Å²) in [6, 6.07) is 10.8. The standard InChI is InChI=1S/C26H33N3O4S3/c1-26(2,3)33-25(32)28-21(11-4-5-13-27-23(30)22-12-8-16-36-22)24(31)29(17-19-9-6-14-34-19)18-20-10-7-15-35-20/h6-10,12,14-16,21H,4-5,11,13,17-18H2,1-3H3,(H,27,30)(H,28,32)/t21-/m0/s1. The van der Waals surface area contributed by atoms with Gasteiger partial charge in [0.1, 0.15) is 11.6 Å². The zero-order valence-electron chi connectivity index (χ0n) is 20.8. The average molecular weight is 548 g/mol. The molecule has 1 atom stereocenters. The lowest BCUT2D eigenvalue weighted by Crippen LogP contribution is -2.49. The van der Waals surface area contributed by atoms with Crippen LogP contribution in [0.3, 0.4) is 0 Å². The Balaban J connectivity index is 1.64. The molecule has 3 aromatic heterocycles. The van der Waals surface area contributed by atoms with Crippen LogP contribution in [0.5, 0.6) is 0 Å². The minimum Gasteiger partial charge on any atom is -0.444 e. The van der Waals surface area contributed by atoms with Gasteiger partial charge < -0.3 is 20.3 Å². The molecule has 7 nitrogen and oxygen atoms in total. The minimum absolute atomic E-state index is 0.0948. The Hall–Kier alpha value is -2.69. The van der Waals surface area contributed by atoms with Crippen LogP contribution in [0.2, 0.25) is 0 Å². The summed E-state index contributed by atoms with van der Waals surface area (Å²) < 4.78 is 5.44. The summed E-state index contributed by atoms with van der Waals surface area (Å²) in [4.78, 5) is 43.1. The molecule has 0 fully saturated rings. The zero-order chi connectivity index (χ0) is 26.0. The van der Waals surface area contributed by atoms with Gasteiger partial charge in [-0.1, -0.05) is 18.2 Å². The lowest BCUT2D eigenvalue weighted by molar-refractivity contribution is -0.134. The lowest BCUT2D eigenvalue weighted by atomic mass is 10.1. The molecule has 3 aromatic rings. The highest BCUT2D eigenvalue weighted by Crippen LogP contribution is 2.19. The predicted molar refractivity (Wildman–Crippen MR) is 147 cm³/mol. The smallest absolute Gasteiger partial charge is 0.408 e. The van der Waals surface area contributed by atoms with E-state index >= 15 is 0 Å². The first-order valence-corrected chi connectivity index (χ1v) is 14.5. The number of rotatable bonds is 12. The molecular weight excluding hydrogens is 515 g/mol. The van der Waals surface area contributed by atoms with Crippen molar-refractivity contribution in [2.75, 3.05) is 6.54 Å². The van der Waals surface area contributed by atoms with Crippen LogP contribution >= 0.6 is 34.0 Å². The maximum Gasteiger partial charge on any atom is 0.408 e. The second-order valence-electron chi connectivity index (χ2n) is 9.28. The Morgan fingerprint density at radius 1 is 0.917 bits per heavy atom. The normalized spacial score (nSPS) is 12.1. The summed E-state index contributed by atoms with van der Waals surface area (Å²) in [5.41, 5.74) is -0.669. The molecule has 3 heterocycles. The molecule has 0 saturated heterocycles. The van der Waals surface area contributed by atoms with Crippen LogP contribution in [0.4, 0.5) is 4.79 Å². The SMILES string of the molecule is CC(C)(C)OC(=O)N[C@@H](CCCCNC(=O)c1cccs1)C(=O)N(Cc1cccs1)Cc1cccs1. The quantitative estimate of drug-likeness (QED) is 0.277. The van der Waals surface area contributed by atoms with Gasteiger partial charge in [0.05, 0.1) is 18.0 Å². The third-order valence-corrected chi connectivity index (χ3v) is 7.70. The molecule has 0 aromatic carbocycles. The topological polar surface area (TPSA) is 87.7 Å². The van der Waals surface area contributed by atoms with Crippen molar-refractivity contribution >= 4 is 51.9 Å². The van der Waals surface area contributed by atoms with Gasteiger partial charge in [-0.05, 0) is 74.4 Å². The van der Waals surface area contributed by atoms with Gasteiger partial charge in [-0.3, -0.25) is 9.59 Å². The third-order valence-electron chi connectivity index (χ3n) is 5.10. The van der Waals surface area contributed by atoms with Crippen molar-refractivity contribution in [1.82, 2.24) is 15.5 Å². The van der Waals surface area contributed by atoms with Crippen LogP contribution in [-0.4, -0.2) is 41.0 Å². The number of ether oxygens (including phenoxy) is 1. The molecule has 0 bridgehead atoms. The molecule has 36 heavy (non-hydrogen) atoms. The molecule has 10 heteroatoms. The van der Waals surface area contributed by atoms with Crippen LogP contribution in [0.1, 0.15) is 59.5 Å². The van der Waals surface area contributed by atoms with Crippen LogP contribution in [0, 0.1) is 0 Å². The third kappa shape index (κ3) is 9.40. The fraction of sp³-hybridized carbons (Fsp3) is 0.423. The minimum atomic E-state index is -0.729. The average Bonchev–Trinajstić information content (AvgIpc) is 3.60. The highest BCUT2D eigenvalue weighted by molar-refractivity contribution is 7.12. The first-order chi connectivity index (χ1) is 17.2. The number of amides is 3. The highest BCUT2D eigenvalue weighted by atomic mass is 32.1. The van der Waals surface area contributed by atoms with Gasteiger partial charge in [0.2, 0.25) is 5.91 Å². The molecule has 3 rings (SSSR count). The molecule has 0 aliphatic rings. The largest absolute Gasteiger partial charge is 0.444 e. The number of thiophene rings is 3. The van der Waals surface area contributed by atoms with E-state index in [2.05, 4.69) is 10.6 Å². The fourth-order valence-electron chi connectivity index (χ4n) is 3.49. The van der Waals surface area contributed by atoms with Gasteiger partial charge in [-0.2, -0.15) is 0 Å². The number of hydrogen-bond acceptors (Lipinski definition) is 7. The first-order valence-electron chi connectivity index (χ1n) is 11.9. The Morgan fingerprint density at radius 3 is 2.06 bits per heavy atom. The van der Waals surface area contributed by atoms with Gasteiger partial charge in [0.15, 0.2) is 0 Å². The van der Waals surface area contributed by atoms with Gasteiger partial charge in [0.25, 0.3) is 5.91 Å².